The van der Waals surface area contributed by atoms with Gasteiger partial charge in [-0.3, -0.25) is 4.90 Å². The maximum absolute atomic E-state index is 3.83. The van der Waals surface area contributed by atoms with Crippen LogP contribution >= 0.6 is 0 Å². The molecule has 1 atom stereocenters. The highest BCUT2D eigenvalue weighted by Crippen LogP contribution is 1.99. The van der Waals surface area contributed by atoms with Crippen LogP contribution in [0.5, 0.6) is 0 Å². The van der Waals surface area contributed by atoms with E-state index in [9.17, 15) is 0 Å². The van der Waals surface area contributed by atoms with E-state index in [2.05, 4.69) is 42.9 Å². The van der Waals surface area contributed by atoms with Crippen molar-refractivity contribution in [2.45, 2.75) is 40.2 Å². The average Bonchev–Trinajstić information content (AvgIpc) is 2.28. The molecule has 1 saturated heterocycles. The predicted octanol–water partition coefficient (Wildman–Crippen LogP) is 1.82. The average molecular weight is 227 g/mol. The molecular formula is C13H29N3. The SMILES string of the molecule is C=C(C)NCC(C)N1CCNCC1.CCC. The van der Waals surface area contributed by atoms with Gasteiger partial charge in [-0.1, -0.05) is 26.8 Å². The first-order valence-electron chi connectivity index (χ1n) is 6.45. The lowest BCUT2D eigenvalue weighted by atomic mass is 10.2. The second kappa shape index (κ2) is 9.67. The van der Waals surface area contributed by atoms with Crippen molar-refractivity contribution < 1.29 is 0 Å². The van der Waals surface area contributed by atoms with Crippen LogP contribution in [0, 0.1) is 0 Å². The molecule has 1 unspecified atom stereocenters. The summed E-state index contributed by atoms with van der Waals surface area (Å²) in [5, 5.41) is 6.64. The van der Waals surface area contributed by atoms with Gasteiger partial charge in [0.25, 0.3) is 0 Å². The van der Waals surface area contributed by atoms with Gasteiger partial charge in [0.05, 0.1) is 0 Å². The molecule has 1 aliphatic heterocycles. The van der Waals surface area contributed by atoms with Gasteiger partial charge in [-0.15, -0.1) is 0 Å². The Morgan fingerprint density at radius 1 is 1.38 bits per heavy atom. The van der Waals surface area contributed by atoms with Crippen LogP contribution in [0.4, 0.5) is 0 Å². The maximum atomic E-state index is 3.83. The standard InChI is InChI=1S/C10H21N3.C3H8/c1-9(2)12-8-10(3)13-6-4-11-5-7-13;1-3-2/h10-12H,1,4-8H2,2-3H3;3H2,1-2H3. The topological polar surface area (TPSA) is 27.3 Å². The molecule has 3 nitrogen and oxygen atoms in total. The summed E-state index contributed by atoms with van der Waals surface area (Å²) in [6, 6.07) is 0.610. The molecule has 1 heterocycles. The molecule has 2 N–H and O–H groups in total. The highest BCUT2D eigenvalue weighted by molar-refractivity contribution is 4.86. The van der Waals surface area contributed by atoms with E-state index in [4.69, 9.17) is 0 Å². The Morgan fingerprint density at radius 3 is 2.31 bits per heavy atom. The smallest absolute Gasteiger partial charge is 0.0297 e. The van der Waals surface area contributed by atoms with Crippen molar-refractivity contribution in [1.82, 2.24) is 15.5 Å². The van der Waals surface area contributed by atoms with Crippen LogP contribution in [0.2, 0.25) is 0 Å². The second-order valence-corrected chi connectivity index (χ2v) is 4.50. The van der Waals surface area contributed by atoms with E-state index in [-0.39, 0.29) is 0 Å². The Kier molecular flexibility index (Phi) is 9.34. The Bertz CT molecular complexity index is 174. The predicted molar refractivity (Wildman–Crippen MR) is 72.7 cm³/mol. The molecule has 3 heteroatoms. The molecular weight excluding hydrogens is 198 g/mol. The fourth-order valence-corrected chi connectivity index (χ4v) is 1.57. The van der Waals surface area contributed by atoms with Gasteiger partial charge in [0.2, 0.25) is 0 Å². The Labute approximate surface area is 101 Å². The first-order valence-corrected chi connectivity index (χ1v) is 6.45. The number of nitrogens with one attached hydrogen (secondary N) is 2. The van der Waals surface area contributed by atoms with Gasteiger partial charge < -0.3 is 10.6 Å². The third-order valence-corrected chi connectivity index (χ3v) is 2.47. The molecule has 96 valence electrons. The largest absolute Gasteiger partial charge is 0.387 e. The number of rotatable bonds is 4. The van der Waals surface area contributed by atoms with Crippen molar-refractivity contribution in [2.24, 2.45) is 0 Å². The normalized spacial score (nSPS) is 18.2. The van der Waals surface area contributed by atoms with E-state index >= 15 is 0 Å². The van der Waals surface area contributed by atoms with E-state index in [1.165, 1.54) is 19.5 Å². The van der Waals surface area contributed by atoms with Crippen molar-refractivity contribution in [3.8, 4) is 0 Å². The van der Waals surface area contributed by atoms with Crippen LogP contribution < -0.4 is 10.6 Å². The minimum Gasteiger partial charge on any atom is -0.387 e. The summed E-state index contributed by atoms with van der Waals surface area (Å²) in [5.41, 5.74) is 1.06. The second-order valence-electron chi connectivity index (χ2n) is 4.50. The Hall–Kier alpha value is -0.540. The van der Waals surface area contributed by atoms with Gasteiger partial charge in [0, 0.05) is 44.5 Å². The van der Waals surface area contributed by atoms with Crippen molar-refractivity contribution in [3.63, 3.8) is 0 Å². The fraction of sp³-hybridized carbons (Fsp3) is 0.846. The third kappa shape index (κ3) is 7.71. The van der Waals surface area contributed by atoms with Gasteiger partial charge in [-0.25, -0.2) is 0 Å². The third-order valence-electron chi connectivity index (χ3n) is 2.47. The zero-order chi connectivity index (χ0) is 12.4. The van der Waals surface area contributed by atoms with E-state index < -0.39 is 0 Å². The highest BCUT2D eigenvalue weighted by atomic mass is 15.2. The van der Waals surface area contributed by atoms with E-state index in [0.29, 0.717) is 6.04 Å². The molecule has 0 aromatic heterocycles. The number of hydrogen-bond acceptors (Lipinski definition) is 3. The molecule has 0 aromatic rings. The summed E-state index contributed by atoms with van der Waals surface area (Å²) < 4.78 is 0. The van der Waals surface area contributed by atoms with Crippen molar-refractivity contribution in [1.29, 1.82) is 0 Å². The molecule has 0 aromatic carbocycles. The molecule has 1 rings (SSSR count). The van der Waals surface area contributed by atoms with Gasteiger partial charge in [-0.05, 0) is 13.8 Å². The quantitative estimate of drug-likeness (QED) is 0.767. The summed E-state index contributed by atoms with van der Waals surface area (Å²) in [6.45, 7) is 17.9. The van der Waals surface area contributed by atoms with E-state index in [0.717, 1.165) is 25.3 Å². The minimum absolute atomic E-state index is 0.610. The molecule has 0 amide bonds. The maximum Gasteiger partial charge on any atom is 0.0297 e. The number of nitrogens with zero attached hydrogens (tertiary/aromatic N) is 1. The summed E-state index contributed by atoms with van der Waals surface area (Å²) in [5.74, 6) is 0. The summed E-state index contributed by atoms with van der Waals surface area (Å²) in [7, 11) is 0. The first kappa shape index (κ1) is 15.5. The lowest BCUT2D eigenvalue weighted by Crippen LogP contribution is -2.50. The van der Waals surface area contributed by atoms with Gasteiger partial charge in [0.1, 0.15) is 0 Å². The highest BCUT2D eigenvalue weighted by Gasteiger charge is 2.15. The minimum atomic E-state index is 0.610. The molecule has 0 aliphatic carbocycles. The fourth-order valence-electron chi connectivity index (χ4n) is 1.57. The monoisotopic (exact) mass is 227 g/mol. The zero-order valence-electron chi connectivity index (χ0n) is 11.5. The lowest BCUT2D eigenvalue weighted by Gasteiger charge is -2.33. The molecule has 0 bridgehead atoms. The Balaban J connectivity index is 0.000000673. The summed E-state index contributed by atoms with van der Waals surface area (Å²) >= 11 is 0. The summed E-state index contributed by atoms with van der Waals surface area (Å²) in [6.07, 6.45) is 1.25. The molecule has 1 fully saturated rings. The molecule has 1 aliphatic rings. The zero-order valence-corrected chi connectivity index (χ0v) is 11.5. The van der Waals surface area contributed by atoms with Crippen LogP contribution in [0.25, 0.3) is 0 Å². The Morgan fingerprint density at radius 2 is 1.88 bits per heavy atom. The van der Waals surface area contributed by atoms with E-state index in [1.807, 2.05) is 6.92 Å². The van der Waals surface area contributed by atoms with E-state index in [1.54, 1.807) is 0 Å². The lowest BCUT2D eigenvalue weighted by molar-refractivity contribution is 0.183. The van der Waals surface area contributed by atoms with Gasteiger partial charge in [-0.2, -0.15) is 0 Å². The van der Waals surface area contributed by atoms with Crippen LogP contribution in [0.15, 0.2) is 12.3 Å². The van der Waals surface area contributed by atoms with Crippen molar-refractivity contribution in [2.75, 3.05) is 32.7 Å². The van der Waals surface area contributed by atoms with Crippen LogP contribution in [0.1, 0.15) is 34.1 Å². The number of allylic oxidation sites excluding steroid dienone is 1. The summed E-state index contributed by atoms with van der Waals surface area (Å²) in [4.78, 5) is 2.51. The van der Waals surface area contributed by atoms with Crippen LogP contribution in [-0.2, 0) is 0 Å². The number of hydrogen-bond donors (Lipinski definition) is 2. The van der Waals surface area contributed by atoms with Crippen molar-refractivity contribution >= 4 is 0 Å². The van der Waals surface area contributed by atoms with Crippen LogP contribution in [-0.4, -0.2) is 43.7 Å². The molecule has 0 spiro atoms. The molecule has 0 saturated carbocycles. The van der Waals surface area contributed by atoms with Crippen molar-refractivity contribution in [3.05, 3.63) is 12.3 Å². The van der Waals surface area contributed by atoms with Gasteiger partial charge in [0.15, 0.2) is 0 Å². The molecule has 0 radical (unpaired) electrons. The first-order chi connectivity index (χ1) is 7.61. The number of piperazine rings is 1. The molecule has 16 heavy (non-hydrogen) atoms. The van der Waals surface area contributed by atoms with Crippen LogP contribution in [0.3, 0.4) is 0 Å². The van der Waals surface area contributed by atoms with Gasteiger partial charge >= 0.3 is 0 Å².